The maximum Gasteiger partial charge on any atom is 0.335 e. The quantitative estimate of drug-likeness (QED) is 0.135. The van der Waals surface area contributed by atoms with Gasteiger partial charge < -0.3 is 27.2 Å². The molecule has 0 aliphatic rings. The van der Waals surface area contributed by atoms with Gasteiger partial charge in [-0.25, -0.2) is 9.59 Å². The van der Waals surface area contributed by atoms with Gasteiger partial charge in [-0.1, -0.05) is 13.2 Å². The van der Waals surface area contributed by atoms with Gasteiger partial charge >= 0.3 is 29.1 Å². The highest BCUT2D eigenvalue weighted by molar-refractivity contribution is 6.66. The van der Waals surface area contributed by atoms with Crippen LogP contribution in [0.2, 0.25) is 25.2 Å². The lowest BCUT2D eigenvalue weighted by molar-refractivity contribution is -0.139. The van der Waals surface area contributed by atoms with Crippen molar-refractivity contribution in [2.75, 3.05) is 40.6 Å². The van der Waals surface area contributed by atoms with E-state index in [9.17, 15) is 9.59 Å². The van der Waals surface area contributed by atoms with Gasteiger partial charge in [0.25, 0.3) is 0 Å². The second-order valence-corrected chi connectivity index (χ2v) is 14.5. The van der Waals surface area contributed by atoms with Crippen molar-refractivity contribution in [1.82, 2.24) is 0 Å². The van der Waals surface area contributed by atoms with E-state index >= 15 is 0 Å². The summed E-state index contributed by atoms with van der Waals surface area (Å²) in [4.78, 5) is 22.2. The van der Waals surface area contributed by atoms with Gasteiger partial charge in [-0.15, -0.1) is 0 Å². The smallest absolute Gasteiger partial charge is 0.335 e. The minimum absolute atomic E-state index is 0.332. The maximum atomic E-state index is 11.1. The zero-order valence-corrected chi connectivity index (χ0v) is 23.3. The molecule has 0 saturated heterocycles. The van der Waals surface area contributed by atoms with Gasteiger partial charge in [-0.05, 0) is 65.7 Å². The first kappa shape index (κ1) is 32.9. The molecule has 0 aromatic carbocycles. The lowest BCUT2D eigenvalue weighted by atomic mass is 10.4. The molecule has 0 aromatic heterocycles. The van der Waals surface area contributed by atoms with Gasteiger partial charge in [0.2, 0.25) is 0 Å². The van der Waals surface area contributed by atoms with Crippen LogP contribution in [0.25, 0.3) is 0 Å². The zero-order chi connectivity index (χ0) is 25.2. The summed E-state index contributed by atoms with van der Waals surface area (Å²) in [6, 6.07) is 1.64. The first-order chi connectivity index (χ1) is 14.9. The molecule has 0 aliphatic heterocycles. The van der Waals surface area contributed by atoms with Crippen LogP contribution in [-0.4, -0.2) is 69.7 Å². The Balaban J connectivity index is 0. The van der Waals surface area contributed by atoms with E-state index in [1.54, 1.807) is 28.1 Å². The second kappa shape index (κ2) is 18.2. The molecule has 0 bridgehead atoms. The van der Waals surface area contributed by atoms with Gasteiger partial charge in [-0.3, -0.25) is 0 Å². The fourth-order valence-electron chi connectivity index (χ4n) is 2.45. The molecular weight excluding hydrogens is 448 g/mol. The molecule has 0 N–H and O–H groups in total. The first-order valence-corrected chi connectivity index (χ1v) is 16.0. The zero-order valence-electron chi connectivity index (χ0n) is 21.3. The Morgan fingerprint density at radius 3 is 1.34 bits per heavy atom. The van der Waals surface area contributed by atoms with Gasteiger partial charge in [0.1, 0.15) is 0 Å². The van der Waals surface area contributed by atoms with Gasteiger partial charge in [-0.2, -0.15) is 0 Å². The summed E-state index contributed by atoms with van der Waals surface area (Å²) in [7, 11) is -0.776. The van der Waals surface area contributed by atoms with Crippen LogP contribution in [0.5, 0.6) is 0 Å². The predicted molar refractivity (Wildman–Crippen MR) is 131 cm³/mol. The Bertz CT molecular complexity index is 570. The Labute approximate surface area is 196 Å². The van der Waals surface area contributed by atoms with Crippen molar-refractivity contribution in [3.63, 3.8) is 0 Å². The Morgan fingerprint density at radius 1 is 0.719 bits per heavy atom. The van der Waals surface area contributed by atoms with Crippen LogP contribution in [0.4, 0.5) is 0 Å². The minimum Gasteiger partial charge on any atom is -0.462 e. The maximum absolute atomic E-state index is 11.1. The molecule has 0 spiro atoms. The first-order valence-electron chi connectivity index (χ1n) is 10.9. The fraction of sp³-hybridized carbons (Fsp3) is 0.727. The molecule has 0 fully saturated rings. The topological polar surface area (TPSA) is 89.5 Å². The highest BCUT2D eigenvalue weighted by Crippen LogP contribution is 2.16. The number of hydrogen-bond acceptors (Lipinski definition) is 8. The Morgan fingerprint density at radius 2 is 1.06 bits per heavy atom. The van der Waals surface area contributed by atoms with Gasteiger partial charge in [0.15, 0.2) is 0 Å². The minimum atomic E-state index is -2.06. The molecule has 10 heteroatoms. The van der Waals surface area contributed by atoms with Crippen molar-refractivity contribution in [2.24, 2.45) is 0 Å². The van der Waals surface area contributed by atoms with E-state index in [1.807, 2.05) is 26.9 Å². The van der Waals surface area contributed by atoms with E-state index in [2.05, 4.69) is 13.2 Å². The van der Waals surface area contributed by atoms with Crippen LogP contribution in [0.3, 0.4) is 0 Å². The van der Waals surface area contributed by atoms with E-state index in [1.165, 1.54) is 0 Å². The SMILES string of the molecule is C=C(C)C(=O)OCCC[Si](C)(OC)OC.C=C(C)C(=O)OCCC[Si](C)(OCC)OCC. The molecule has 0 rings (SSSR count). The lowest BCUT2D eigenvalue weighted by Crippen LogP contribution is -2.38. The third-order valence-electron chi connectivity index (χ3n) is 4.48. The summed E-state index contributed by atoms with van der Waals surface area (Å²) in [5, 5.41) is 0. The summed E-state index contributed by atoms with van der Waals surface area (Å²) in [6.07, 6.45) is 1.52. The number of rotatable bonds is 16. The normalized spacial score (nSPS) is 11.2. The molecule has 32 heavy (non-hydrogen) atoms. The molecule has 0 atom stereocenters. The van der Waals surface area contributed by atoms with E-state index in [-0.39, 0.29) is 11.9 Å². The number of carbonyl (C=O) groups excluding carboxylic acids is 2. The van der Waals surface area contributed by atoms with Crippen molar-refractivity contribution in [1.29, 1.82) is 0 Å². The average molecular weight is 493 g/mol. The van der Waals surface area contributed by atoms with Crippen molar-refractivity contribution < 1.29 is 36.8 Å². The third kappa shape index (κ3) is 16.3. The Kier molecular flexibility index (Phi) is 18.7. The second-order valence-electron chi connectivity index (χ2n) is 7.58. The van der Waals surface area contributed by atoms with E-state index in [0.717, 1.165) is 24.9 Å². The number of esters is 2. The molecule has 188 valence electrons. The van der Waals surface area contributed by atoms with Crippen LogP contribution in [-0.2, 0) is 36.8 Å². The predicted octanol–water partition coefficient (Wildman–Crippen LogP) is 4.50. The summed E-state index contributed by atoms with van der Waals surface area (Å²) >= 11 is 0. The molecular formula is C22H44O8Si2. The summed E-state index contributed by atoms with van der Waals surface area (Å²) in [6.45, 7) is 20.4. The monoisotopic (exact) mass is 492 g/mol. The lowest BCUT2D eigenvalue weighted by Gasteiger charge is -2.25. The largest absolute Gasteiger partial charge is 0.462 e. The summed E-state index contributed by atoms with van der Waals surface area (Å²) < 4.78 is 32.0. The van der Waals surface area contributed by atoms with E-state index in [0.29, 0.717) is 37.6 Å². The molecule has 0 amide bonds. The highest BCUT2D eigenvalue weighted by atomic mass is 28.4. The standard InChI is InChI=1S/C12H24O4Si.C10H20O4Si/c1-6-15-17(5,16-7-2)10-8-9-14-12(13)11(3)4;1-9(2)10(11)14-7-6-8-15(5,12-3)13-4/h3,6-10H2,1-2,4-5H3;1,6-8H2,2-5H3. The summed E-state index contributed by atoms with van der Waals surface area (Å²) in [5.41, 5.74) is 0.855. The van der Waals surface area contributed by atoms with Crippen molar-refractivity contribution in [3.8, 4) is 0 Å². The van der Waals surface area contributed by atoms with Gasteiger partial charge in [0, 0.05) is 38.6 Å². The number of ether oxygens (including phenoxy) is 2. The van der Waals surface area contributed by atoms with Crippen molar-refractivity contribution in [3.05, 3.63) is 24.3 Å². The molecule has 0 aliphatic carbocycles. The molecule has 0 aromatic rings. The van der Waals surface area contributed by atoms with Crippen LogP contribution in [0.15, 0.2) is 24.3 Å². The van der Waals surface area contributed by atoms with E-state index < -0.39 is 17.1 Å². The number of hydrogen-bond donors (Lipinski definition) is 0. The van der Waals surface area contributed by atoms with Crippen LogP contribution >= 0.6 is 0 Å². The highest BCUT2D eigenvalue weighted by Gasteiger charge is 2.30. The fourth-order valence-corrected chi connectivity index (χ4v) is 6.19. The average Bonchev–Trinajstić information content (AvgIpc) is 2.74. The number of carbonyl (C=O) groups is 2. The molecule has 0 radical (unpaired) electrons. The molecule has 0 unspecified atom stereocenters. The molecule has 0 saturated carbocycles. The summed E-state index contributed by atoms with van der Waals surface area (Å²) in [5.74, 6) is -0.672. The van der Waals surface area contributed by atoms with E-state index in [4.69, 9.17) is 27.2 Å². The van der Waals surface area contributed by atoms with Gasteiger partial charge in [0.05, 0.1) is 13.2 Å². The van der Waals surface area contributed by atoms with Crippen LogP contribution < -0.4 is 0 Å². The van der Waals surface area contributed by atoms with Crippen molar-refractivity contribution >= 4 is 29.1 Å². The van der Waals surface area contributed by atoms with Crippen molar-refractivity contribution in [2.45, 2.75) is 65.7 Å². The molecule has 8 nitrogen and oxygen atoms in total. The molecule has 0 heterocycles. The third-order valence-corrected chi connectivity index (χ3v) is 10.5. The van der Waals surface area contributed by atoms with Crippen LogP contribution in [0.1, 0.15) is 40.5 Å². The Hall–Kier alpha value is -1.31. The van der Waals surface area contributed by atoms with Crippen LogP contribution in [0, 0.1) is 0 Å².